The number of rotatable bonds is 9. The highest BCUT2D eigenvalue weighted by molar-refractivity contribution is 5.88. The van der Waals surface area contributed by atoms with Crippen LogP contribution in [-0.4, -0.2) is 35.6 Å². The molecular formula is C27H34N2O4. The molecule has 4 rings (SSSR count). The molecule has 1 aliphatic carbocycles. The van der Waals surface area contributed by atoms with E-state index in [1.807, 2.05) is 55.5 Å². The quantitative estimate of drug-likeness (QED) is 0.606. The molecule has 0 saturated heterocycles. The summed E-state index contributed by atoms with van der Waals surface area (Å²) in [6, 6.07) is 15.4. The van der Waals surface area contributed by atoms with Crippen LogP contribution in [0, 0.1) is 0 Å². The third kappa shape index (κ3) is 6.06. The largest absolute Gasteiger partial charge is 0.454 e. The number of carbonyl (C=O) groups is 2. The van der Waals surface area contributed by atoms with Crippen molar-refractivity contribution in [3.05, 3.63) is 59.7 Å². The Morgan fingerprint density at radius 2 is 1.76 bits per heavy atom. The Kier molecular flexibility index (Phi) is 7.87. The highest BCUT2D eigenvalue weighted by atomic mass is 16.7. The monoisotopic (exact) mass is 450 g/mol. The lowest BCUT2D eigenvalue weighted by molar-refractivity contribution is -0.141. The number of nitrogens with zero attached hydrogens (tertiary/aromatic N) is 1. The number of carbonyl (C=O) groups excluding carboxylic acids is 2. The van der Waals surface area contributed by atoms with E-state index in [2.05, 4.69) is 5.32 Å². The van der Waals surface area contributed by atoms with Crippen LogP contribution in [0.2, 0.25) is 0 Å². The van der Waals surface area contributed by atoms with Crippen LogP contribution in [0.5, 0.6) is 11.5 Å². The summed E-state index contributed by atoms with van der Waals surface area (Å²) in [5.74, 6) is 1.42. The summed E-state index contributed by atoms with van der Waals surface area (Å²) in [6.07, 6.45) is 7.11. The lowest BCUT2D eigenvalue weighted by Gasteiger charge is -2.33. The Balaban J connectivity index is 1.46. The fourth-order valence-corrected chi connectivity index (χ4v) is 4.74. The molecule has 1 saturated carbocycles. The highest BCUT2D eigenvalue weighted by Gasteiger charge is 2.30. The summed E-state index contributed by atoms with van der Waals surface area (Å²) < 4.78 is 10.8. The van der Waals surface area contributed by atoms with Crippen LogP contribution in [0.25, 0.3) is 0 Å². The fraction of sp³-hybridized carbons (Fsp3) is 0.481. The first kappa shape index (κ1) is 23.1. The van der Waals surface area contributed by atoms with Crippen LogP contribution in [0.15, 0.2) is 48.5 Å². The van der Waals surface area contributed by atoms with Crippen LogP contribution in [0.3, 0.4) is 0 Å². The topological polar surface area (TPSA) is 67.9 Å². The Bertz CT molecular complexity index is 940. The summed E-state index contributed by atoms with van der Waals surface area (Å²) in [5.41, 5.74) is 2.05. The normalized spacial score (nSPS) is 16.3. The molecule has 1 atom stereocenters. The SMILES string of the molecule is CC[C@@H](C(=O)NC1CCCCC1)N(Cc1ccccc1)C(=O)CCc1ccc2c(c1)OCO2. The molecule has 33 heavy (non-hydrogen) atoms. The van der Waals surface area contributed by atoms with Crippen molar-refractivity contribution >= 4 is 11.8 Å². The first-order chi connectivity index (χ1) is 16.1. The van der Waals surface area contributed by atoms with E-state index in [-0.39, 0.29) is 24.6 Å². The smallest absolute Gasteiger partial charge is 0.243 e. The Labute approximate surface area is 196 Å². The van der Waals surface area contributed by atoms with E-state index >= 15 is 0 Å². The van der Waals surface area contributed by atoms with Crippen molar-refractivity contribution in [2.24, 2.45) is 0 Å². The summed E-state index contributed by atoms with van der Waals surface area (Å²) >= 11 is 0. The van der Waals surface area contributed by atoms with Crippen LogP contribution < -0.4 is 14.8 Å². The summed E-state index contributed by atoms with van der Waals surface area (Å²) in [4.78, 5) is 28.5. The minimum absolute atomic E-state index is 0.0119. The summed E-state index contributed by atoms with van der Waals surface area (Å²) in [6.45, 7) is 2.64. The lowest BCUT2D eigenvalue weighted by atomic mass is 9.95. The molecule has 0 bridgehead atoms. The maximum absolute atomic E-state index is 13.4. The van der Waals surface area contributed by atoms with Gasteiger partial charge in [-0.25, -0.2) is 0 Å². The van der Waals surface area contributed by atoms with Crippen molar-refractivity contribution in [3.8, 4) is 11.5 Å². The molecule has 0 spiro atoms. The zero-order valence-electron chi connectivity index (χ0n) is 19.4. The number of hydrogen-bond donors (Lipinski definition) is 1. The van der Waals surface area contributed by atoms with Gasteiger partial charge in [0.1, 0.15) is 6.04 Å². The number of benzene rings is 2. The van der Waals surface area contributed by atoms with Crippen molar-refractivity contribution in [2.45, 2.75) is 76.9 Å². The van der Waals surface area contributed by atoms with Crippen LogP contribution in [-0.2, 0) is 22.6 Å². The molecule has 1 aliphatic heterocycles. The predicted molar refractivity (Wildman–Crippen MR) is 127 cm³/mol. The van der Waals surface area contributed by atoms with E-state index in [1.165, 1.54) is 6.42 Å². The number of amides is 2. The number of nitrogens with one attached hydrogen (secondary N) is 1. The standard InChI is InChI=1S/C27H34N2O4/c1-2-23(27(31)28-22-11-7-4-8-12-22)29(18-21-9-5-3-6-10-21)26(30)16-14-20-13-15-24-25(17-20)33-19-32-24/h3,5-6,9-10,13,15,17,22-23H,2,4,7-8,11-12,14,16,18-19H2,1H3,(H,28,31)/t23-/m0/s1. The van der Waals surface area contributed by atoms with Crippen molar-refractivity contribution in [1.29, 1.82) is 0 Å². The molecule has 6 nitrogen and oxygen atoms in total. The van der Waals surface area contributed by atoms with E-state index in [1.54, 1.807) is 4.90 Å². The molecule has 1 heterocycles. The lowest BCUT2D eigenvalue weighted by Crippen LogP contribution is -2.51. The summed E-state index contributed by atoms with van der Waals surface area (Å²) in [7, 11) is 0. The Morgan fingerprint density at radius 1 is 1.00 bits per heavy atom. The van der Waals surface area contributed by atoms with Gasteiger partial charge in [0.25, 0.3) is 0 Å². The molecular weight excluding hydrogens is 416 g/mol. The van der Waals surface area contributed by atoms with Gasteiger partial charge < -0.3 is 19.7 Å². The maximum atomic E-state index is 13.4. The van der Waals surface area contributed by atoms with Crippen LogP contribution in [0.4, 0.5) is 0 Å². The van der Waals surface area contributed by atoms with E-state index in [4.69, 9.17) is 9.47 Å². The average Bonchev–Trinajstić information content (AvgIpc) is 3.31. The Hall–Kier alpha value is -3.02. The van der Waals surface area contributed by atoms with Crippen molar-refractivity contribution in [2.75, 3.05) is 6.79 Å². The number of aryl methyl sites for hydroxylation is 1. The minimum Gasteiger partial charge on any atom is -0.454 e. The fourth-order valence-electron chi connectivity index (χ4n) is 4.74. The van der Waals surface area contributed by atoms with E-state index in [0.29, 0.717) is 25.8 Å². The van der Waals surface area contributed by atoms with Gasteiger partial charge >= 0.3 is 0 Å². The second kappa shape index (κ2) is 11.2. The second-order valence-electron chi connectivity index (χ2n) is 8.96. The summed E-state index contributed by atoms with van der Waals surface area (Å²) in [5, 5.41) is 3.23. The van der Waals surface area contributed by atoms with Gasteiger partial charge in [0.15, 0.2) is 11.5 Å². The van der Waals surface area contributed by atoms with Gasteiger partial charge in [-0.1, -0.05) is 62.6 Å². The van der Waals surface area contributed by atoms with Crippen molar-refractivity contribution in [1.82, 2.24) is 10.2 Å². The van der Waals surface area contributed by atoms with Gasteiger partial charge in [0, 0.05) is 19.0 Å². The molecule has 0 unspecified atom stereocenters. The third-order valence-corrected chi connectivity index (χ3v) is 6.60. The zero-order valence-corrected chi connectivity index (χ0v) is 19.4. The molecule has 6 heteroatoms. The minimum atomic E-state index is -0.476. The molecule has 176 valence electrons. The van der Waals surface area contributed by atoms with Gasteiger partial charge in [0.05, 0.1) is 0 Å². The van der Waals surface area contributed by atoms with E-state index in [9.17, 15) is 9.59 Å². The van der Waals surface area contributed by atoms with Gasteiger partial charge in [-0.2, -0.15) is 0 Å². The molecule has 2 aliphatic rings. The zero-order chi connectivity index (χ0) is 23.0. The Morgan fingerprint density at radius 3 is 2.52 bits per heavy atom. The molecule has 2 amide bonds. The third-order valence-electron chi connectivity index (χ3n) is 6.60. The average molecular weight is 451 g/mol. The maximum Gasteiger partial charge on any atom is 0.243 e. The van der Waals surface area contributed by atoms with Gasteiger partial charge in [0.2, 0.25) is 18.6 Å². The van der Waals surface area contributed by atoms with Gasteiger partial charge in [-0.15, -0.1) is 0 Å². The highest BCUT2D eigenvalue weighted by Crippen LogP contribution is 2.33. The van der Waals surface area contributed by atoms with Gasteiger partial charge in [-0.3, -0.25) is 9.59 Å². The van der Waals surface area contributed by atoms with Crippen molar-refractivity contribution < 1.29 is 19.1 Å². The molecule has 2 aromatic carbocycles. The molecule has 1 N–H and O–H groups in total. The van der Waals surface area contributed by atoms with E-state index in [0.717, 1.165) is 48.3 Å². The molecule has 2 aromatic rings. The van der Waals surface area contributed by atoms with Crippen LogP contribution in [0.1, 0.15) is 63.0 Å². The number of hydrogen-bond acceptors (Lipinski definition) is 4. The second-order valence-corrected chi connectivity index (χ2v) is 8.96. The van der Waals surface area contributed by atoms with Crippen molar-refractivity contribution in [3.63, 3.8) is 0 Å². The molecule has 0 radical (unpaired) electrons. The first-order valence-electron chi connectivity index (χ1n) is 12.2. The number of fused-ring (bicyclic) bond motifs is 1. The first-order valence-corrected chi connectivity index (χ1v) is 12.2. The van der Waals surface area contributed by atoms with Gasteiger partial charge in [-0.05, 0) is 48.9 Å². The van der Waals surface area contributed by atoms with Crippen LogP contribution >= 0.6 is 0 Å². The predicted octanol–water partition coefficient (Wildman–Crippen LogP) is 4.60. The van der Waals surface area contributed by atoms with E-state index < -0.39 is 6.04 Å². The molecule has 1 fully saturated rings. The number of ether oxygens (including phenoxy) is 2. The molecule has 0 aromatic heterocycles.